The summed E-state index contributed by atoms with van der Waals surface area (Å²) in [6.45, 7) is 0. The van der Waals surface area contributed by atoms with Crippen LogP contribution in [0.3, 0.4) is 0 Å². The van der Waals surface area contributed by atoms with Gasteiger partial charge in [0, 0.05) is 12.1 Å². The van der Waals surface area contributed by atoms with Crippen molar-refractivity contribution in [2.45, 2.75) is 11.3 Å². The van der Waals surface area contributed by atoms with Crippen molar-refractivity contribution in [2.75, 3.05) is 4.72 Å². The Kier molecular flexibility index (Phi) is 4.46. The molecule has 0 aliphatic heterocycles. The van der Waals surface area contributed by atoms with Gasteiger partial charge in [0.2, 0.25) is 0 Å². The molecule has 2 rings (SSSR count). The zero-order chi connectivity index (χ0) is 17.3. The Labute approximate surface area is 127 Å². The number of anilines is 1. The topological polar surface area (TPSA) is 55.4 Å². The highest BCUT2D eigenvalue weighted by atomic mass is 32.2. The molecule has 0 unspecified atom stereocenters. The molecule has 2 aromatic rings. The minimum absolute atomic E-state index is 0.459. The van der Waals surface area contributed by atoms with E-state index in [1.54, 1.807) is 0 Å². The summed E-state index contributed by atoms with van der Waals surface area (Å²) in [6.07, 6.45) is -4.99. The van der Waals surface area contributed by atoms with Crippen LogP contribution in [0.4, 0.5) is 27.6 Å². The molecule has 23 heavy (non-hydrogen) atoms. The summed E-state index contributed by atoms with van der Waals surface area (Å²) in [7, 11) is -4.39. The van der Waals surface area contributed by atoms with E-state index in [9.17, 15) is 30.4 Å². The summed E-state index contributed by atoms with van der Waals surface area (Å²) >= 11 is 0. The second-order valence-corrected chi connectivity index (χ2v) is 5.93. The van der Waals surface area contributed by atoms with E-state index in [1.165, 1.54) is 0 Å². The molecule has 2 aromatic carbocycles. The summed E-state index contributed by atoms with van der Waals surface area (Å²) in [6, 6.07) is 5.68. The van der Waals surface area contributed by atoms with E-state index in [2.05, 4.69) is 4.74 Å². The van der Waals surface area contributed by atoms with E-state index in [0.717, 1.165) is 30.3 Å². The molecular weight excluding hydrogens is 345 g/mol. The van der Waals surface area contributed by atoms with Gasteiger partial charge in [-0.3, -0.25) is 4.72 Å². The Morgan fingerprint density at radius 2 is 1.70 bits per heavy atom. The number of sulfonamides is 1. The second kappa shape index (κ2) is 6.03. The molecule has 0 heterocycles. The van der Waals surface area contributed by atoms with Crippen LogP contribution in [0.25, 0.3) is 0 Å². The molecule has 4 nitrogen and oxygen atoms in total. The maximum Gasteiger partial charge on any atom is 0.573 e. The van der Waals surface area contributed by atoms with Crippen molar-refractivity contribution < 1.29 is 35.1 Å². The lowest BCUT2D eigenvalue weighted by Crippen LogP contribution is -2.18. The Morgan fingerprint density at radius 1 is 1.00 bits per heavy atom. The second-order valence-electron chi connectivity index (χ2n) is 4.25. The lowest BCUT2D eigenvalue weighted by molar-refractivity contribution is -0.274. The van der Waals surface area contributed by atoms with Crippen LogP contribution in [0.5, 0.6) is 5.75 Å². The largest absolute Gasteiger partial charge is 0.573 e. The van der Waals surface area contributed by atoms with Crippen molar-refractivity contribution in [3.8, 4) is 5.75 Å². The first-order valence-electron chi connectivity index (χ1n) is 5.90. The number of hydrogen-bond acceptors (Lipinski definition) is 3. The molecule has 0 bridgehead atoms. The summed E-state index contributed by atoms with van der Waals surface area (Å²) in [5.74, 6) is -2.83. The lowest BCUT2D eigenvalue weighted by Gasteiger charge is -2.12. The smallest absolute Gasteiger partial charge is 0.406 e. The highest BCUT2D eigenvalue weighted by molar-refractivity contribution is 7.92. The summed E-state index contributed by atoms with van der Waals surface area (Å²) in [5, 5.41) is 0. The van der Waals surface area contributed by atoms with Gasteiger partial charge in [0.05, 0.1) is 10.6 Å². The molecule has 0 aliphatic rings. The SMILES string of the molecule is O=S(=O)(Nc1ccc(F)cc1F)c1cccc(OC(F)(F)F)c1. The van der Waals surface area contributed by atoms with Gasteiger partial charge >= 0.3 is 6.36 Å². The van der Waals surface area contributed by atoms with Crippen molar-refractivity contribution in [1.29, 1.82) is 0 Å². The minimum Gasteiger partial charge on any atom is -0.406 e. The van der Waals surface area contributed by atoms with Crippen molar-refractivity contribution in [2.24, 2.45) is 0 Å². The Balaban J connectivity index is 2.31. The van der Waals surface area contributed by atoms with Gasteiger partial charge in [0.15, 0.2) is 0 Å². The number of hydrogen-bond donors (Lipinski definition) is 1. The van der Waals surface area contributed by atoms with E-state index in [4.69, 9.17) is 0 Å². The predicted molar refractivity (Wildman–Crippen MR) is 70.3 cm³/mol. The van der Waals surface area contributed by atoms with Gasteiger partial charge in [-0.15, -0.1) is 13.2 Å². The molecule has 0 radical (unpaired) electrons. The maximum absolute atomic E-state index is 13.5. The molecule has 0 spiro atoms. The fourth-order valence-corrected chi connectivity index (χ4v) is 2.72. The van der Waals surface area contributed by atoms with Crippen LogP contribution < -0.4 is 9.46 Å². The van der Waals surface area contributed by atoms with Crippen LogP contribution in [0.15, 0.2) is 47.4 Å². The van der Waals surface area contributed by atoms with Crippen molar-refractivity contribution in [1.82, 2.24) is 0 Å². The standard InChI is InChI=1S/C13H8F5NO3S/c14-8-4-5-12(11(15)6-8)19-23(20,21)10-3-1-2-9(7-10)22-13(16,17)18/h1-7,19H. The Hall–Kier alpha value is -2.36. The highest BCUT2D eigenvalue weighted by Crippen LogP contribution is 2.26. The molecule has 1 N–H and O–H groups in total. The van der Waals surface area contributed by atoms with Crippen LogP contribution in [0.2, 0.25) is 0 Å². The van der Waals surface area contributed by atoms with Crippen LogP contribution in [0, 0.1) is 11.6 Å². The highest BCUT2D eigenvalue weighted by Gasteiger charge is 2.31. The molecule has 0 aromatic heterocycles. The molecule has 0 fully saturated rings. The molecule has 0 aliphatic carbocycles. The number of rotatable bonds is 4. The Morgan fingerprint density at radius 3 is 2.30 bits per heavy atom. The van der Waals surface area contributed by atoms with E-state index >= 15 is 0 Å². The number of benzene rings is 2. The molecule has 0 atom stereocenters. The monoisotopic (exact) mass is 353 g/mol. The predicted octanol–water partition coefficient (Wildman–Crippen LogP) is 3.66. The van der Waals surface area contributed by atoms with Gasteiger partial charge in [-0.05, 0) is 24.3 Å². The summed E-state index contributed by atoms with van der Waals surface area (Å²) in [4.78, 5) is -0.581. The van der Waals surface area contributed by atoms with Crippen LogP contribution in [-0.2, 0) is 10.0 Å². The molecule has 0 amide bonds. The first-order chi connectivity index (χ1) is 10.6. The third-order valence-corrected chi connectivity index (χ3v) is 3.89. The molecule has 10 heteroatoms. The number of halogens is 5. The first-order valence-corrected chi connectivity index (χ1v) is 7.39. The van der Waals surface area contributed by atoms with E-state index in [0.29, 0.717) is 12.1 Å². The zero-order valence-corrected chi connectivity index (χ0v) is 11.9. The van der Waals surface area contributed by atoms with Gasteiger partial charge in [-0.1, -0.05) is 6.07 Å². The van der Waals surface area contributed by atoms with E-state index < -0.39 is 44.4 Å². The number of nitrogens with one attached hydrogen (secondary N) is 1. The molecule has 0 saturated heterocycles. The average Bonchev–Trinajstić information content (AvgIpc) is 2.40. The fraction of sp³-hybridized carbons (Fsp3) is 0.0769. The lowest BCUT2D eigenvalue weighted by atomic mass is 10.3. The van der Waals surface area contributed by atoms with Crippen LogP contribution in [-0.4, -0.2) is 14.8 Å². The van der Waals surface area contributed by atoms with E-state index in [-0.39, 0.29) is 0 Å². The fourth-order valence-electron chi connectivity index (χ4n) is 1.61. The summed E-state index contributed by atoms with van der Waals surface area (Å²) < 4.78 is 92.2. The quantitative estimate of drug-likeness (QED) is 0.854. The zero-order valence-electron chi connectivity index (χ0n) is 11.1. The van der Waals surface area contributed by atoms with Crippen molar-refractivity contribution in [3.05, 3.63) is 54.1 Å². The number of alkyl halides is 3. The molecule has 124 valence electrons. The van der Waals surface area contributed by atoms with E-state index in [1.807, 2.05) is 4.72 Å². The van der Waals surface area contributed by atoms with Gasteiger partial charge in [-0.2, -0.15) is 0 Å². The Bertz CT molecular complexity index is 821. The number of ether oxygens (including phenoxy) is 1. The van der Waals surface area contributed by atoms with Crippen molar-refractivity contribution in [3.63, 3.8) is 0 Å². The van der Waals surface area contributed by atoms with Crippen LogP contribution >= 0.6 is 0 Å². The summed E-state index contributed by atoms with van der Waals surface area (Å²) in [5.41, 5.74) is -0.548. The van der Waals surface area contributed by atoms with Crippen molar-refractivity contribution >= 4 is 15.7 Å². The minimum atomic E-state index is -4.99. The molecular formula is C13H8F5NO3S. The third-order valence-electron chi connectivity index (χ3n) is 2.52. The van der Waals surface area contributed by atoms with Gasteiger partial charge < -0.3 is 4.74 Å². The van der Waals surface area contributed by atoms with Gasteiger partial charge in [0.1, 0.15) is 17.4 Å². The average molecular weight is 353 g/mol. The maximum atomic E-state index is 13.5. The van der Waals surface area contributed by atoms with Gasteiger partial charge in [-0.25, -0.2) is 17.2 Å². The van der Waals surface area contributed by atoms with Crippen LogP contribution in [0.1, 0.15) is 0 Å². The third kappa shape index (κ3) is 4.55. The molecule has 0 saturated carbocycles. The van der Waals surface area contributed by atoms with Gasteiger partial charge in [0.25, 0.3) is 10.0 Å². The first kappa shape index (κ1) is 17.0. The normalized spacial score (nSPS) is 12.0.